The van der Waals surface area contributed by atoms with Crippen molar-refractivity contribution in [2.75, 3.05) is 25.1 Å². The number of anilines is 1. The number of guanidine groups is 1. The van der Waals surface area contributed by atoms with Gasteiger partial charge in [0.15, 0.2) is 0 Å². The highest BCUT2D eigenvalue weighted by molar-refractivity contribution is 6.10. The summed E-state index contributed by atoms with van der Waals surface area (Å²) in [5.74, 6) is 0.169. The molecule has 7 heteroatoms. The van der Waals surface area contributed by atoms with Crippen LogP contribution in [0.1, 0.15) is 30.1 Å². The minimum atomic E-state index is -0.396. The van der Waals surface area contributed by atoms with Gasteiger partial charge in [-0.25, -0.2) is 9.38 Å². The number of para-hydroxylation sites is 2. The van der Waals surface area contributed by atoms with Crippen molar-refractivity contribution in [3.8, 4) is 5.75 Å². The molecule has 3 rings (SSSR count). The Bertz CT molecular complexity index is 818. The largest absolute Gasteiger partial charge is 0.492 e. The van der Waals surface area contributed by atoms with Gasteiger partial charge in [0, 0.05) is 12.2 Å². The number of carbonyl (C=O) groups is 1. The molecule has 1 atom stereocenters. The minimum Gasteiger partial charge on any atom is -0.492 e. The van der Waals surface area contributed by atoms with Gasteiger partial charge in [0.05, 0.1) is 24.9 Å². The fraction of sp³-hybridized carbons (Fsp3) is 0.333. The van der Waals surface area contributed by atoms with Gasteiger partial charge in [-0.3, -0.25) is 10.1 Å². The van der Waals surface area contributed by atoms with E-state index in [1.807, 2.05) is 31.2 Å². The maximum atomic E-state index is 13.1. The van der Waals surface area contributed by atoms with Gasteiger partial charge >= 0.3 is 0 Å². The second kappa shape index (κ2) is 9.85. The third kappa shape index (κ3) is 5.53. The van der Waals surface area contributed by atoms with Gasteiger partial charge in [-0.15, -0.1) is 0 Å². The third-order valence-electron chi connectivity index (χ3n) is 4.26. The number of carbonyl (C=O) groups excluding carboxylic acids is 1. The zero-order valence-electron chi connectivity index (χ0n) is 15.8. The van der Waals surface area contributed by atoms with E-state index in [0.29, 0.717) is 30.2 Å². The molecule has 0 unspecified atom stereocenters. The molecular formula is C21H24FN3O3. The first-order valence-electron chi connectivity index (χ1n) is 9.37. The fourth-order valence-corrected chi connectivity index (χ4v) is 2.85. The molecule has 0 radical (unpaired) electrons. The summed E-state index contributed by atoms with van der Waals surface area (Å²) >= 11 is 0. The molecule has 2 aromatic carbocycles. The van der Waals surface area contributed by atoms with Crippen molar-refractivity contribution in [2.24, 2.45) is 4.99 Å². The number of halogens is 1. The quantitative estimate of drug-likeness (QED) is 0.589. The Kier molecular flexibility index (Phi) is 6.97. The first-order chi connectivity index (χ1) is 13.7. The van der Waals surface area contributed by atoms with E-state index in [-0.39, 0.29) is 18.0 Å². The van der Waals surface area contributed by atoms with Crippen molar-refractivity contribution in [3.05, 3.63) is 59.9 Å². The van der Waals surface area contributed by atoms with Crippen LogP contribution in [-0.2, 0) is 4.74 Å². The van der Waals surface area contributed by atoms with Gasteiger partial charge < -0.3 is 14.8 Å². The number of nitrogens with zero attached hydrogens (tertiary/aromatic N) is 1. The van der Waals surface area contributed by atoms with E-state index in [2.05, 4.69) is 15.6 Å². The second-order valence-corrected chi connectivity index (χ2v) is 6.34. The first kappa shape index (κ1) is 19.8. The van der Waals surface area contributed by atoms with Gasteiger partial charge in [0.2, 0.25) is 5.96 Å². The molecule has 1 saturated heterocycles. The highest BCUT2D eigenvalue weighted by Crippen LogP contribution is 2.23. The fourth-order valence-electron chi connectivity index (χ4n) is 2.85. The number of ether oxygens (including phenoxy) is 2. The topological polar surface area (TPSA) is 71.9 Å². The Morgan fingerprint density at radius 1 is 1.25 bits per heavy atom. The average Bonchev–Trinajstić information content (AvgIpc) is 3.22. The molecule has 148 valence electrons. The molecule has 2 aromatic rings. The number of benzene rings is 2. The Balaban J connectivity index is 1.77. The predicted octanol–water partition coefficient (Wildman–Crippen LogP) is 3.60. The molecule has 1 fully saturated rings. The lowest BCUT2D eigenvalue weighted by Gasteiger charge is -2.16. The van der Waals surface area contributed by atoms with E-state index in [4.69, 9.17) is 9.47 Å². The van der Waals surface area contributed by atoms with Gasteiger partial charge in [0.25, 0.3) is 5.91 Å². The van der Waals surface area contributed by atoms with Crippen molar-refractivity contribution in [1.29, 1.82) is 0 Å². The summed E-state index contributed by atoms with van der Waals surface area (Å²) in [6, 6.07) is 12.8. The van der Waals surface area contributed by atoms with Crippen LogP contribution in [0.2, 0.25) is 0 Å². The van der Waals surface area contributed by atoms with E-state index in [1.54, 1.807) is 0 Å². The van der Waals surface area contributed by atoms with Crippen molar-refractivity contribution >= 4 is 17.6 Å². The Labute approximate surface area is 163 Å². The lowest BCUT2D eigenvalue weighted by molar-refractivity contribution is 0.0975. The van der Waals surface area contributed by atoms with E-state index < -0.39 is 5.82 Å². The lowest BCUT2D eigenvalue weighted by Crippen LogP contribution is -2.36. The zero-order valence-corrected chi connectivity index (χ0v) is 15.8. The van der Waals surface area contributed by atoms with E-state index >= 15 is 0 Å². The molecule has 1 aliphatic heterocycles. The molecule has 2 N–H and O–H groups in total. The summed E-state index contributed by atoms with van der Waals surface area (Å²) in [4.78, 5) is 17.1. The molecule has 0 spiro atoms. The van der Waals surface area contributed by atoms with E-state index in [1.165, 1.54) is 24.3 Å². The SMILES string of the molecule is CCOc1ccccc1NC(=NC[C@@H]1CCCO1)NC(=O)c1ccc(F)cc1. The summed E-state index contributed by atoms with van der Waals surface area (Å²) in [5, 5.41) is 5.89. The molecule has 1 amide bonds. The molecular weight excluding hydrogens is 361 g/mol. The number of amides is 1. The molecule has 1 aliphatic rings. The first-order valence-corrected chi connectivity index (χ1v) is 9.37. The number of aliphatic imine (C=N–C) groups is 1. The number of nitrogens with one attached hydrogen (secondary N) is 2. The van der Waals surface area contributed by atoms with Crippen LogP contribution in [0, 0.1) is 5.82 Å². The van der Waals surface area contributed by atoms with Crippen LogP contribution in [0.15, 0.2) is 53.5 Å². The molecule has 6 nitrogen and oxygen atoms in total. The van der Waals surface area contributed by atoms with E-state index in [0.717, 1.165) is 19.4 Å². The highest BCUT2D eigenvalue weighted by atomic mass is 19.1. The minimum absolute atomic E-state index is 0.0432. The molecule has 0 saturated carbocycles. The van der Waals surface area contributed by atoms with Gasteiger partial charge in [-0.1, -0.05) is 12.1 Å². The average molecular weight is 385 g/mol. The number of rotatable bonds is 6. The lowest BCUT2D eigenvalue weighted by atomic mass is 10.2. The van der Waals surface area contributed by atoms with Crippen molar-refractivity contribution < 1.29 is 18.7 Å². The number of hydrogen-bond acceptors (Lipinski definition) is 4. The summed E-state index contributed by atoms with van der Waals surface area (Å²) < 4.78 is 24.3. The van der Waals surface area contributed by atoms with Gasteiger partial charge in [-0.05, 0) is 56.2 Å². The van der Waals surface area contributed by atoms with Crippen LogP contribution in [0.3, 0.4) is 0 Å². The summed E-state index contributed by atoms with van der Waals surface area (Å²) in [6.07, 6.45) is 2.00. The van der Waals surface area contributed by atoms with Gasteiger partial charge in [0.1, 0.15) is 11.6 Å². The van der Waals surface area contributed by atoms with E-state index in [9.17, 15) is 9.18 Å². The maximum Gasteiger partial charge on any atom is 0.257 e. The summed E-state index contributed by atoms with van der Waals surface area (Å²) in [6.45, 7) is 3.59. The summed E-state index contributed by atoms with van der Waals surface area (Å²) in [7, 11) is 0. The van der Waals surface area contributed by atoms with Crippen LogP contribution in [0.4, 0.5) is 10.1 Å². The van der Waals surface area contributed by atoms with Crippen LogP contribution < -0.4 is 15.4 Å². The predicted molar refractivity (Wildman–Crippen MR) is 106 cm³/mol. The monoisotopic (exact) mass is 385 g/mol. The van der Waals surface area contributed by atoms with Crippen LogP contribution in [0.25, 0.3) is 0 Å². The Morgan fingerprint density at radius 2 is 2.04 bits per heavy atom. The Hall–Kier alpha value is -2.93. The molecule has 0 aliphatic carbocycles. The number of hydrogen-bond donors (Lipinski definition) is 2. The third-order valence-corrected chi connectivity index (χ3v) is 4.26. The van der Waals surface area contributed by atoms with Crippen LogP contribution in [0.5, 0.6) is 5.75 Å². The second-order valence-electron chi connectivity index (χ2n) is 6.34. The van der Waals surface area contributed by atoms with Crippen molar-refractivity contribution in [3.63, 3.8) is 0 Å². The maximum absolute atomic E-state index is 13.1. The zero-order chi connectivity index (χ0) is 19.8. The Morgan fingerprint density at radius 3 is 2.75 bits per heavy atom. The smallest absolute Gasteiger partial charge is 0.257 e. The highest BCUT2D eigenvalue weighted by Gasteiger charge is 2.16. The van der Waals surface area contributed by atoms with Crippen molar-refractivity contribution in [1.82, 2.24) is 5.32 Å². The molecule has 28 heavy (non-hydrogen) atoms. The van der Waals surface area contributed by atoms with Crippen molar-refractivity contribution in [2.45, 2.75) is 25.9 Å². The summed E-state index contributed by atoms with van der Waals surface area (Å²) in [5.41, 5.74) is 1.03. The van der Waals surface area contributed by atoms with Gasteiger partial charge in [-0.2, -0.15) is 0 Å². The normalized spacial score (nSPS) is 16.6. The molecule has 0 bridgehead atoms. The van der Waals surface area contributed by atoms with Crippen LogP contribution >= 0.6 is 0 Å². The molecule has 1 heterocycles. The molecule has 0 aromatic heterocycles. The standard InChI is InChI=1S/C21H24FN3O3/c1-2-27-19-8-4-3-7-18(19)24-21(23-14-17-6-5-13-28-17)25-20(26)15-9-11-16(22)12-10-15/h3-4,7-12,17H,2,5-6,13-14H2,1H3,(H2,23,24,25,26)/t17-/m0/s1. The van der Waals surface area contributed by atoms with Crippen LogP contribution in [-0.4, -0.2) is 37.7 Å².